The molecule has 1 heterocycles. The first kappa shape index (κ1) is 11.4. The van der Waals surface area contributed by atoms with Gasteiger partial charge in [-0.1, -0.05) is 0 Å². The van der Waals surface area contributed by atoms with Crippen LogP contribution in [0.2, 0.25) is 0 Å². The highest BCUT2D eigenvalue weighted by atomic mass is 14.9. The van der Waals surface area contributed by atoms with Gasteiger partial charge in [-0.05, 0) is 67.8 Å². The number of rotatable bonds is 2. The third-order valence-electron chi connectivity index (χ3n) is 5.69. The summed E-state index contributed by atoms with van der Waals surface area (Å²) >= 11 is 0. The summed E-state index contributed by atoms with van der Waals surface area (Å²) < 4.78 is 0. The van der Waals surface area contributed by atoms with Crippen LogP contribution in [0.15, 0.2) is 18.5 Å². The van der Waals surface area contributed by atoms with Crippen LogP contribution in [0, 0.1) is 40.9 Å². The second-order valence-corrected chi connectivity index (χ2v) is 6.72. The Hall–Kier alpha value is -1.43. The molecule has 0 aromatic carbocycles. The molecule has 4 bridgehead atoms. The van der Waals surface area contributed by atoms with Crippen LogP contribution in [0.1, 0.15) is 43.8 Å². The lowest BCUT2D eigenvalue weighted by molar-refractivity contribution is -0.0420. The molecular weight excluding hydrogens is 234 g/mol. The number of nitrogens with zero attached hydrogens (tertiary/aromatic N) is 3. The Bertz CT molecular complexity index is 476. The maximum atomic E-state index is 9.63. The summed E-state index contributed by atoms with van der Waals surface area (Å²) in [7, 11) is 0. The predicted molar refractivity (Wildman–Crippen MR) is 70.9 cm³/mol. The monoisotopic (exact) mass is 253 g/mol. The molecule has 4 saturated carbocycles. The van der Waals surface area contributed by atoms with Crippen molar-refractivity contribution in [1.82, 2.24) is 9.97 Å². The van der Waals surface area contributed by atoms with Gasteiger partial charge in [0, 0.05) is 12.4 Å². The molecule has 4 aliphatic rings. The van der Waals surface area contributed by atoms with E-state index in [2.05, 4.69) is 16.0 Å². The lowest BCUT2D eigenvalue weighted by Crippen LogP contribution is -2.47. The Kier molecular flexibility index (Phi) is 2.58. The van der Waals surface area contributed by atoms with Crippen molar-refractivity contribution in [2.24, 2.45) is 29.6 Å². The fraction of sp³-hybridized carbons (Fsp3) is 0.688. The van der Waals surface area contributed by atoms with E-state index >= 15 is 0 Å². The van der Waals surface area contributed by atoms with Gasteiger partial charge in [-0.25, -0.2) is 9.97 Å². The van der Waals surface area contributed by atoms with Gasteiger partial charge < -0.3 is 0 Å². The quantitative estimate of drug-likeness (QED) is 0.813. The largest absolute Gasteiger partial charge is 0.240 e. The van der Waals surface area contributed by atoms with Gasteiger partial charge in [0.2, 0.25) is 0 Å². The SMILES string of the molecule is N#CC(c1ncccn1)C1C2CC3CC(C2)CC1C3. The Balaban J connectivity index is 1.66. The minimum atomic E-state index is -0.0869. The Labute approximate surface area is 114 Å². The van der Waals surface area contributed by atoms with E-state index in [1.807, 2.05) is 6.07 Å². The third kappa shape index (κ3) is 1.77. The van der Waals surface area contributed by atoms with E-state index < -0.39 is 0 Å². The first-order valence-electron chi connectivity index (χ1n) is 7.51. The van der Waals surface area contributed by atoms with Gasteiger partial charge >= 0.3 is 0 Å². The summed E-state index contributed by atoms with van der Waals surface area (Å²) in [6, 6.07) is 4.35. The zero-order chi connectivity index (χ0) is 12.8. The molecule has 0 amide bonds. The Morgan fingerprint density at radius 1 is 1.00 bits per heavy atom. The molecule has 1 aromatic rings. The van der Waals surface area contributed by atoms with Crippen LogP contribution >= 0.6 is 0 Å². The van der Waals surface area contributed by atoms with Crippen molar-refractivity contribution in [2.75, 3.05) is 0 Å². The summed E-state index contributed by atoms with van der Waals surface area (Å²) in [6.45, 7) is 0. The average Bonchev–Trinajstić information content (AvgIpc) is 2.43. The summed E-state index contributed by atoms with van der Waals surface area (Å²) in [6.07, 6.45) is 10.4. The Morgan fingerprint density at radius 3 is 2.11 bits per heavy atom. The molecule has 19 heavy (non-hydrogen) atoms. The van der Waals surface area contributed by atoms with Crippen LogP contribution in [0.4, 0.5) is 0 Å². The molecule has 1 unspecified atom stereocenters. The van der Waals surface area contributed by atoms with Gasteiger partial charge in [0.25, 0.3) is 0 Å². The van der Waals surface area contributed by atoms with E-state index in [1.165, 1.54) is 32.1 Å². The maximum Gasteiger partial charge on any atom is 0.145 e. The van der Waals surface area contributed by atoms with E-state index in [1.54, 1.807) is 12.4 Å². The number of aromatic nitrogens is 2. The molecular formula is C16H19N3. The summed E-state index contributed by atoms with van der Waals surface area (Å²) in [5.41, 5.74) is 0. The average molecular weight is 253 g/mol. The van der Waals surface area contributed by atoms with E-state index in [-0.39, 0.29) is 5.92 Å². The minimum absolute atomic E-state index is 0.0869. The normalized spacial score (nSPS) is 40.9. The van der Waals surface area contributed by atoms with E-state index in [9.17, 15) is 5.26 Å². The molecule has 0 saturated heterocycles. The van der Waals surface area contributed by atoms with Crippen LogP contribution in [0.25, 0.3) is 0 Å². The van der Waals surface area contributed by atoms with Crippen molar-refractivity contribution in [1.29, 1.82) is 5.26 Å². The van der Waals surface area contributed by atoms with Gasteiger partial charge in [-0.2, -0.15) is 5.26 Å². The summed E-state index contributed by atoms with van der Waals surface area (Å²) in [5.74, 6) is 4.60. The lowest BCUT2D eigenvalue weighted by atomic mass is 9.49. The summed E-state index contributed by atoms with van der Waals surface area (Å²) in [5, 5.41) is 9.63. The second-order valence-electron chi connectivity index (χ2n) is 6.72. The van der Waals surface area contributed by atoms with E-state index in [0.717, 1.165) is 29.5 Å². The highest BCUT2D eigenvalue weighted by Crippen LogP contribution is 2.59. The van der Waals surface area contributed by atoms with E-state index in [4.69, 9.17) is 0 Å². The van der Waals surface area contributed by atoms with Gasteiger partial charge in [-0.3, -0.25) is 0 Å². The van der Waals surface area contributed by atoms with Crippen molar-refractivity contribution in [3.8, 4) is 6.07 Å². The van der Waals surface area contributed by atoms with Crippen LogP contribution in [0.3, 0.4) is 0 Å². The fourth-order valence-electron chi connectivity index (χ4n) is 5.30. The second kappa shape index (κ2) is 4.30. The molecule has 98 valence electrons. The third-order valence-corrected chi connectivity index (χ3v) is 5.69. The molecule has 1 atom stereocenters. The molecule has 0 N–H and O–H groups in total. The van der Waals surface area contributed by atoms with Crippen molar-refractivity contribution >= 4 is 0 Å². The van der Waals surface area contributed by atoms with E-state index in [0.29, 0.717) is 5.92 Å². The van der Waals surface area contributed by atoms with Crippen LogP contribution < -0.4 is 0 Å². The van der Waals surface area contributed by atoms with Crippen molar-refractivity contribution in [2.45, 2.75) is 38.0 Å². The van der Waals surface area contributed by atoms with Crippen LogP contribution in [-0.2, 0) is 0 Å². The Morgan fingerprint density at radius 2 is 1.58 bits per heavy atom. The summed E-state index contributed by atoms with van der Waals surface area (Å²) in [4.78, 5) is 8.70. The molecule has 0 spiro atoms. The number of nitriles is 1. The fourth-order valence-corrected chi connectivity index (χ4v) is 5.30. The zero-order valence-corrected chi connectivity index (χ0v) is 11.1. The number of hydrogen-bond donors (Lipinski definition) is 0. The van der Waals surface area contributed by atoms with Crippen molar-refractivity contribution in [3.63, 3.8) is 0 Å². The van der Waals surface area contributed by atoms with Crippen molar-refractivity contribution < 1.29 is 0 Å². The first-order chi connectivity index (χ1) is 9.35. The predicted octanol–water partition coefficient (Wildman–Crippen LogP) is 3.16. The number of hydrogen-bond acceptors (Lipinski definition) is 3. The lowest BCUT2D eigenvalue weighted by Gasteiger charge is -2.55. The smallest absolute Gasteiger partial charge is 0.145 e. The topological polar surface area (TPSA) is 49.6 Å². The molecule has 4 fully saturated rings. The minimum Gasteiger partial charge on any atom is -0.240 e. The standard InChI is InChI=1S/C16H19N3/c17-9-14(16-18-2-1-3-19-16)15-12-5-10-4-11(7-12)8-13(15)6-10/h1-3,10-15H,4-8H2. The molecule has 0 aliphatic heterocycles. The molecule has 1 aromatic heterocycles. The molecule has 4 aliphatic carbocycles. The first-order valence-corrected chi connectivity index (χ1v) is 7.51. The maximum absolute atomic E-state index is 9.63. The molecule has 0 radical (unpaired) electrons. The van der Waals surface area contributed by atoms with Crippen molar-refractivity contribution in [3.05, 3.63) is 24.3 Å². The zero-order valence-electron chi connectivity index (χ0n) is 11.1. The molecule has 5 rings (SSSR count). The van der Waals surface area contributed by atoms with Gasteiger partial charge in [0.05, 0.1) is 6.07 Å². The van der Waals surface area contributed by atoms with Crippen LogP contribution in [-0.4, -0.2) is 9.97 Å². The van der Waals surface area contributed by atoms with Gasteiger partial charge in [-0.15, -0.1) is 0 Å². The molecule has 3 nitrogen and oxygen atoms in total. The van der Waals surface area contributed by atoms with Gasteiger partial charge in [0.15, 0.2) is 0 Å². The molecule has 3 heteroatoms. The highest BCUT2D eigenvalue weighted by molar-refractivity contribution is 5.15. The highest BCUT2D eigenvalue weighted by Gasteiger charge is 2.51. The van der Waals surface area contributed by atoms with Crippen LogP contribution in [0.5, 0.6) is 0 Å². The van der Waals surface area contributed by atoms with Gasteiger partial charge in [0.1, 0.15) is 11.7 Å².